The molecule has 4 aromatic rings. The fourth-order valence-corrected chi connectivity index (χ4v) is 3.10. The molecule has 0 radical (unpaired) electrons. The minimum absolute atomic E-state index is 0.348. The summed E-state index contributed by atoms with van der Waals surface area (Å²) in [5.41, 5.74) is 5.78. The topological polar surface area (TPSA) is 77.3 Å². The van der Waals surface area contributed by atoms with Crippen molar-refractivity contribution in [3.05, 3.63) is 48.0 Å². The maximum Gasteiger partial charge on any atom is 0.178 e. The molecule has 0 N–H and O–H groups in total. The Kier molecular flexibility index (Phi) is 2.20. The summed E-state index contributed by atoms with van der Waals surface area (Å²) >= 11 is 0. The lowest BCUT2D eigenvalue weighted by atomic mass is 9.89. The summed E-state index contributed by atoms with van der Waals surface area (Å²) in [5, 5.41) is 0. The van der Waals surface area contributed by atoms with E-state index < -0.39 is 0 Å². The van der Waals surface area contributed by atoms with Gasteiger partial charge in [-0.25, -0.2) is 29.9 Å². The van der Waals surface area contributed by atoms with Crippen molar-refractivity contribution >= 4 is 22.3 Å². The fraction of sp³-hybridized carbons (Fsp3) is 0.176. The van der Waals surface area contributed by atoms with Crippen LogP contribution < -0.4 is 0 Å². The highest BCUT2D eigenvalue weighted by Gasteiger charge is 2.41. The summed E-state index contributed by atoms with van der Waals surface area (Å²) < 4.78 is 0. The number of fused-ring (bicyclic) bond motifs is 5. The molecule has 110 valence electrons. The number of hydrogen-bond donors (Lipinski definition) is 0. The largest absolute Gasteiger partial charge is 0.246 e. The SMILES string of the molecule is CC1(C)c2nc3cccnc3nc2-c2nc3ncccc3nc21. The molecule has 23 heavy (non-hydrogen) atoms. The van der Waals surface area contributed by atoms with Crippen LogP contribution in [0, 0.1) is 0 Å². The van der Waals surface area contributed by atoms with Gasteiger partial charge < -0.3 is 0 Å². The van der Waals surface area contributed by atoms with Gasteiger partial charge in [0.2, 0.25) is 0 Å². The molecule has 0 amide bonds. The van der Waals surface area contributed by atoms with Crippen molar-refractivity contribution in [1.82, 2.24) is 29.9 Å². The van der Waals surface area contributed by atoms with Crippen LogP contribution in [0.25, 0.3) is 33.7 Å². The highest BCUT2D eigenvalue weighted by molar-refractivity contribution is 5.83. The molecule has 0 aliphatic heterocycles. The van der Waals surface area contributed by atoms with Gasteiger partial charge in [0.25, 0.3) is 0 Å². The van der Waals surface area contributed by atoms with Gasteiger partial charge in [0, 0.05) is 12.4 Å². The number of hydrogen-bond acceptors (Lipinski definition) is 6. The minimum Gasteiger partial charge on any atom is -0.246 e. The molecule has 0 atom stereocenters. The molecule has 0 fully saturated rings. The van der Waals surface area contributed by atoms with E-state index in [-0.39, 0.29) is 5.41 Å². The van der Waals surface area contributed by atoms with Crippen LogP contribution in [-0.2, 0) is 5.41 Å². The maximum absolute atomic E-state index is 4.79. The zero-order valence-corrected chi connectivity index (χ0v) is 12.6. The minimum atomic E-state index is -0.348. The standard InChI is InChI=1S/C17H12N6/c1-17(2)13-11(22-15-9(20-13)5-3-7-18-15)12-14(17)21-10-6-4-8-19-16(10)23-12/h3-8H,1-2H3. The van der Waals surface area contributed by atoms with Gasteiger partial charge in [0.15, 0.2) is 11.3 Å². The molecule has 0 unspecified atom stereocenters. The van der Waals surface area contributed by atoms with Crippen molar-refractivity contribution in [2.24, 2.45) is 0 Å². The Balaban J connectivity index is 1.92. The van der Waals surface area contributed by atoms with Crippen LogP contribution in [0.15, 0.2) is 36.7 Å². The van der Waals surface area contributed by atoms with E-state index in [1.165, 1.54) is 0 Å². The van der Waals surface area contributed by atoms with E-state index in [2.05, 4.69) is 23.8 Å². The Morgan fingerprint density at radius 2 is 1.17 bits per heavy atom. The first-order valence-electron chi connectivity index (χ1n) is 7.41. The monoisotopic (exact) mass is 300 g/mol. The predicted molar refractivity (Wildman–Crippen MR) is 85.8 cm³/mol. The quantitative estimate of drug-likeness (QED) is 0.497. The predicted octanol–water partition coefficient (Wildman–Crippen LogP) is 2.67. The fourth-order valence-electron chi connectivity index (χ4n) is 3.10. The second-order valence-electron chi connectivity index (χ2n) is 6.16. The summed E-state index contributed by atoms with van der Waals surface area (Å²) in [6.07, 6.45) is 3.44. The van der Waals surface area contributed by atoms with Crippen molar-refractivity contribution < 1.29 is 0 Å². The summed E-state index contributed by atoms with van der Waals surface area (Å²) in [5.74, 6) is 0. The smallest absolute Gasteiger partial charge is 0.178 e. The molecular weight excluding hydrogens is 288 g/mol. The highest BCUT2D eigenvalue weighted by Crippen LogP contribution is 2.45. The van der Waals surface area contributed by atoms with Crippen LogP contribution in [0.4, 0.5) is 0 Å². The molecule has 6 nitrogen and oxygen atoms in total. The van der Waals surface area contributed by atoms with Crippen molar-refractivity contribution in [3.8, 4) is 11.4 Å². The first-order valence-corrected chi connectivity index (χ1v) is 7.41. The van der Waals surface area contributed by atoms with Crippen molar-refractivity contribution in [2.75, 3.05) is 0 Å². The van der Waals surface area contributed by atoms with Gasteiger partial charge in [-0.15, -0.1) is 0 Å². The normalized spacial score (nSPS) is 14.9. The molecule has 1 aliphatic rings. The lowest BCUT2D eigenvalue weighted by Gasteiger charge is -2.18. The Bertz CT molecular complexity index is 1020. The maximum atomic E-state index is 4.79. The number of rotatable bonds is 0. The van der Waals surface area contributed by atoms with Gasteiger partial charge in [-0.05, 0) is 38.1 Å². The van der Waals surface area contributed by atoms with Crippen LogP contribution in [0.2, 0.25) is 0 Å². The van der Waals surface area contributed by atoms with Gasteiger partial charge >= 0.3 is 0 Å². The van der Waals surface area contributed by atoms with E-state index in [1.807, 2.05) is 24.3 Å². The van der Waals surface area contributed by atoms with E-state index in [1.54, 1.807) is 12.4 Å². The van der Waals surface area contributed by atoms with Gasteiger partial charge in [0.1, 0.15) is 22.4 Å². The summed E-state index contributed by atoms with van der Waals surface area (Å²) in [7, 11) is 0. The van der Waals surface area contributed by atoms with Gasteiger partial charge in [-0.1, -0.05) is 0 Å². The number of pyridine rings is 2. The summed E-state index contributed by atoms with van der Waals surface area (Å²) in [4.78, 5) is 27.6. The molecule has 0 saturated heterocycles. The Hall–Kier alpha value is -3.02. The van der Waals surface area contributed by atoms with Gasteiger partial charge in [-0.2, -0.15) is 0 Å². The number of aromatic nitrogens is 6. The molecule has 0 saturated carbocycles. The average molecular weight is 300 g/mol. The van der Waals surface area contributed by atoms with Crippen molar-refractivity contribution in [1.29, 1.82) is 0 Å². The third kappa shape index (κ3) is 1.57. The molecule has 0 bridgehead atoms. The van der Waals surface area contributed by atoms with Crippen LogP contribution in [0.3, 0.4) is 0 Å². The molecule has 1 aliphatic carbocycles. The number of nitrogens with zero attached hydrogens (tertiary/aromatic N) is 6. The van der Waals surface area contributed by atoms with Crippen LogP contribution in [-0.4, -0.2) is 29.9 Å². The van der Waals surface area contributed by atoms with E-state index in [4.69, 9.17) is 19.9 Å². The molecule has 0 aromatic carbocycles. The lowest BCUT2D eigenvalue weighted by molar-refractivity contribution is 0.618. The first kappa shape index (κ1) is 12.5. The van der Waals surface area contributed by atoms with Crippen molar-refractivity contribution in [2.45, 2.75) is 19.3 Å². The molecule has 5 rings (SSSR count). The van der Waals surface area contributed by atoms with Crippen LogP contribution in [0.1, 0.15) is 25.2 Å². The van der Waals surface area contributed by atoms with Crippen molar-refractivity contribution in [3.63, 3.8) is 0 Å². The van der Waals surface area contributed by atoms with E-state index in [0.29, 0.717) is 11.3 Å². The van der Waals surface area contributed by atoms with Crippen LogP contribution >= 0.6 is 0 Å². The second kappa shape index (κ2) is 4.04. The highest BCUT2D eigenvalue weighted by atomic mass is 15.0. The third-order valence-electron chi connectivity index (χ3n) is 4.29. The van der Waals surface area contributed by atoms with E-state index >= 15 is 0 Å². The third-order valence-corrected chi connectivity index (χ3v) is 4.29. The Morgan fingerprint density at radius 1 is 0.696 bits per heavy atom. The zero-order chi connectivity index (χ0) is 15.6. The Morgan fingerprint density at radius 3 is 1.65 bits per heavy atom. The molecule has 6 heteroatoms. The molecule has 0 spiro atoms. The summed E-state index contributed by atoms with van der Waals surface area (Å²) in [6, 6.07) is 7.58. The van der Waals surface area contributed by atoms with E-state index in [0.717, 1.165) is 33.8 Å². The molecular formula is C17H12N6. The summed E-state index contributed by atoms with van der Waals surface area (Å²) in [6.45, 7) is 4.21. The Labute approximate surface area is 131 Å². The average Bonchev–Trinajstić information content (AvgIpc) is 2.79. The molecule has 4 aromatic heterocycles. The van der Waals surface area contributed by atoms with Crippen LogP contribution in [0.5, 0.6) is 0 Å². The first-order chi connectivity index (χ1) is 11.1. The van der Waals surface area contributed by atoms with Gasteiger partial charge in [0.05, 0.1) is 16.8 Å². The second-order valence-corrected chi connectivity index (χ2v) is 6.16. The molecule has 4 heterocycles. The lowest BCUT2D eigenvalue weighted by Crippen LogP contribution is -2.19. The zero-order valence-electron chi connectivity index (χ0n) is 12.6. The van der Waals surface area contributed by atoms with Gasteiger partial charge in [-0.3, -0.25) is 0 Å². The van der Waals surface area contributed by atoms with E-state index in [9.17, 15) is 0 Å².